The fourth-order valence-corrected chi connectivity index (χ4v) is 3.20. The average molecular weight is 290 g/mol. The predicted molar refractivity (Wildman–Crippen MR) is 87.8 cm³/mol. The van der Waals surface area contributed by atoms with Crippen molar-refractivity contribution in [2.45, 2.75) is 44.3 Å². The molecule has 0 amide bonds. The van der Waals surface area contributed by atoms with Crippen molar-refractivity contribution in [2.24, 2.45) is 0 Å². The van der Waals surface area contributed by atoms with E-state index in [0.717, 1.165) is 13.0 Å². The van der Waals surface area contributed by atoms with Crippen molar-refractivity contribution in [3.63, 3.8) is 0 Å². The molecule has 0 aromatic rings. The normalized spacial score (nSPS) is 26.9. The van der Waals surface area contributed by atoms with Gasteiger partial charge in [-0.15, -0.1) is 0 Å². The summed E-state index contributed by atoms with van der Waals surface area (Å²) in [5.74, 6) is 0. The van der Waals surface area contributed by atoms with Gasteiger partial charge in [-0.25, -0.2) is 0 Å². The van der Waals surface area contributed by atoms with E-state index in [-0.39, 0.29) is 12.2 Å². The Kier molecular flexibility index (Phi) is 5.19. The van der Waals surface area contributed by atoms with Gasteiger partial charge in [0, 0.05) is 14.5 Å². The fraction of sp³-hybridized carbons (Fsp3) is 0.529. The third-order valence-corrected chi connectivity index (χ3v) is 4.98. The standard InChI is InChI=1S/C17H26O2Si/c1-5-14-9-16(18-12-14)11-17-10-15(13-19-17)7-6-8-20(2,3)4/h5-7,9-10,16-17H,1,8,11-13H2,2-4H3/b7-6+/t16-,17+/m1/s1. The van der Waals surface area contributed by atoms with Gasteiger partial charge in [0.1, 0.15) is 0 Å². The first-order chi connectivity index (χ1) is 9.46. The maximum Gasteiger partial charge on any atom is 0.0794 e. The molecule has 0 aromatic heterocycles. The van der Waals surface area contributed by atoms with Crippen LogP contribution in [0.4, 0.5) is 0 Å². The minimum atomic E-state index is -0.980. The van der Waals surface area contributed by atoms with Crippen LogP contribution in [0.2, 0.25) is 25.7 Å². The fourth-order valence-electron chi connectivity index (χ4n) is 2.37. The first-order valence-electron chi connectivity index (χ1n) is 7.40. The second-order valence-electron chi connectivity index (χ2n) is 6.79. The molecule has 2 heterocycles. The number of allylic oxidation sites excluding steroid dienone is 1. The molecule has 0 radical (unpaired) electrons. The molecule has 0 fully saturated rings. The van der Waals surface area contributed by atoms with Crippen molar-refractivity contribution in [2.75, 3.05) is 13.2 Å². The topological polar surface area (TPSA) is 18.5 Å². The average Bonchev–Trinajstić information content (AvgIpc) is 2.98. The summed E-state index contributed by atoms with van der Waals surface area (Å²) in [5.41, 5.74) is 2.49. The molecule has 2 aliphatic rings. The summed E-state index contributed by atoms with van der Waals surface area (Å²) in [5, 5.41) is 0. The Labute approximate surface area is 123 Å². The van der Waals surface area contributed by atoms with Crippen molar-refractivity contribution >= 4 is 8.07 Å². The number of hydrogen-bond donors (Lipinski definition) is 0. The Morgan fingerprint density at radius 3 is 2.30 bits per heavy atom. The first-order valence-corrected chi connectivity index (χ1v) is 11.1. The molecule has 20 heavy (non-hydrogen) atoms. The molecule has 0 saturated heterocycles. The van der Waals surface area contributed by atoms with Crippen LogP contribution in [0.1, 0.15) is 6.42 Å². The molecule has 2 atom stereocenters. The van der Waals surface area contributed by atoms with Gasteiger partial charge in [0.25, 0.3) is 0 Å². The van der Waals surface area contributed by atoms with Gasteiger partial charge in [-0.05, 0) is 17.2 Å². The van der Waals surface area contributed by atoms with Gasteiger partial charge in [0.2, 0.25) is 0 Å². The largest absolute Gasteiger partial charge is 0.369 e. The summed E-state index contributed by atoms with van der Waals surface area (Å²) in [7, 11) is -0.980. The van der Waals surface area contributed by atoms with E-state index in [1.54, 1.807) is 0 Å². The summed E-state index contributed by atoms with van der Waals surface area (Å²) < 4.78 is 11.5. The van der Waals surface area contributed by atoms with Crippen molar-refractivity contribution in [1.82, 2.24) is 0 Å². The molecule has 0 bridgehead atoms. The molecule has 110 valence electrons. The summed E-state index contributed by atoms with van der Waals surface area (Å²) in [6.07, 6.45) is 12.1. The highest BCUT2D eigenvalue weighted by atomic mass is 28.3. The summed E-state index contributed by atoms with van der Waals surface area (Å²) in [4.78, 5) is 0. The minimum Gasteiger partial charge on any atom is -0.369 e. The predicted octanol–water partition coefficient (Wildman–Crippen LogP) is 4.11. The number of hydrogen-bond acceptors (Lipinski definition) is 2. The van der Waals surface area contributed by atoms with Gasteiger partial charge in [-0.1, -0.05) is 56.6 Å². The second kappa shape index (κ2) is 6.70. The summed E-state index contributed by atoms with van der Waals surface area (Å²) in [6.45, 7) is 12.4. The van der Waals surface area contributed by atoms with Gasteiger partial charge in [-0.2, -0.15) is 0 Å². The highest BCUT2D eigenvalue weighted by Gasteiger charge is 2.22. The Hall–Kier alpha value is -0.903. The highest BCUT2D eigenvalue weighted by Crippen LogP contribution is 2.23. The minimum absolute atomic E-state index is 0.176. The zero-order chi connectivity index (χ0) is 14.6. The Morgan fingerprint density at radius 2 is 1.75 bits per heavy atom. The van der Waals surface area contributed by atoms with Crippen molar-refractivity contribution < 1.29 is 9.47 Å². The lowest BCUT2D eigenvalue weighted by Gasteiger charge is -2.12. The lowest BCUT2D eigenvalue weighted by Crippen LogP contribution is -2.17. The molecule has 0 spiro atoms. The highest BCUT2D eigenvalue weighted by molar-refractivity contribution is 6.76. The van der Waals surface area contributed by atoms with Crippen LogP contribution in [0.5, 0.6) is 0 Å². The number of rotatable bonds is 6. The first kappa shape index (κ1) is 15.5. The smallest absolute Gasteiger partial charge is 0.0794 e. The molecular weight excluding hydrogens is 264 g/mol. The van der Waals surface area contributed by atoms with Crippen LogP contribution in [0.3, 0.4) is 0 Å². The van der Waals surface area contributed by atoms with Crippen molar-refractivity contribution in [1.29, 1.82) is 0 Å². The van der Waals surface area contributed by atoms with Gasteiger partial charge < -0.3 is 9.47 Å². The molecule has 0 aromatic carbocycles. The molecule has 2 rings (SSSR count). The second-order valence-corrected chi connectivity index (χ2v) is 12.3. The van der Waals surface area contributed by atoms with Crippen LogP contribution >= 0.6 is 0 Å². The van der Waals surface area contributed by atoms with Gasteiger partial charge in [-0.3, -0.25) is 0 Å². The van der Waals surface area contributed by atoms with Gasteiger partial charge in [0.15, 0.2) is 0 Å². The quantitative estimate of drug-likeness (QED) is 0.685. The lowest BCUT2D eigenvalue weighted by molar-refractivity contribution is 0.0561. The molecule has 2 aliphatic heterocycles. The lowest BCUT2D eigenvalue weighted by atomic mass is 10.1. The molecule has 0 N–H and O–H groups in total. The van der Waals surface area contributed by atoms with Crippen molar-refractivity contribution in [3.05, 3.63) is 48.1 Å². The third-order valence-electron chi connectivity index (χ3n) is 3.52. The Morgan fingerprint density at radius 1 is 1.15 bits per heavy atom. The Bertz CT molecular complexity index is 440. The Balaban J connectivity index is 1.82. The maximum atomic E-state index is 5.81. The van der Waals surface area contributed by atoms with E-state index in [9.17, 15) is 0 Å². The number of ether oxygens (including phenoxy) is 2. The van der Waals surface area contributed by atoms with E-state index >= 15 is 0 Å². The SMILES string of the molecule is C=CC1=C[C@H](C[C@@H]2C=C(/C=C/C[Si](C)(C)C)CO2)OC1. The van der Waals surface area contributed by atoms with Crippen LogP contribution < -0.4 is 0 Å². The molecule has 0 saturated carbocycles. The van der Waals surface area contributed by atoms with Crippen LogP contribution in [-0.4, -0.2) is 33.5 Å². The molecule has 0 unspecified atom stereocenters. The van der Waals surface area contributed by atoms with Crippen LogP contribution in [0.15, 0.2) is 48.1 Å². The van der Waals surface area contributed by atoms with Gasteiger partial charge in [0.05, 0.1) is 25.4 Å². The van der Waals surface area contributed by atoms with E-state index in [4.69, 9.17) is 9.47 Å². The molecular formula is C17H26O2Si. The van der Waals surface area contributed by atoms with E-state index in [2.05, 4.69) is 50.5 Å². The summed E-state index contributed by atoms with van der Waals surface area (Å²) in [6, 6.07) is 1.23. The zero-order valence-electron chi connectivity index (χ0n) is 12.9. The third kappa shape index (κ3) is 4.89. The maximum absolute atomic E-state index is 5.81. The van der Waals surface area contributed by atoms with Crippen LogP contribution in [0, 0.1) is 0 Å². The monoisotopic (exact) mass is 290 g/mol. The zero-order valence-corrected chi connectivity index (χ0v) is 13.9. The molecule has 0 aliphatic carbocycles. The molecule has 3 heteroatoms. The van der Waals surface area contributed by atoms with Crippen LogP contribution in [0.25, 0.3) is 0 Å². The van der Waals surface area contributed by atoms with E-state index < -0.39 is 8.07 Å². The van der Waals surface area contributed by atoms with E-state index in [1.165, 1.54) is 17.2 Å². The molecule has 2 nitrogen and oxygen atoms in total. The summed E-state index contributed by atoms with van der Waals surface area (Å²) >= 11 is 0. The van der Waals surface area contributed by atoms with E-state index in [0.29, 0.717) is 6.61 Å². The van der Waals surface area contributed by atoms with E-state index in [1.807, 2.05) is 6.08 Å². The van der Waals surface area contributed by atoms with Gasteiger partial charge >= 0.3 is 0 Å². The van der Waals surface area contributed by atoms with Crippen molar-refractivity contribution in [3.8, 4) is 0 Å². The van der Waals surface area contributed by atoms with Crippen LogP contribution in [-0.2, 0) is 9.47 Å².